The Balaban J connectivity index is 2.14. The standard InChI is InChI=1S/C12H10ClN3O/c1-8-5-9(16-17-8)7-15-12-4-2-3-11(13)10(12)6-14/h2-5,15H,7H2,1H3. The smallest absolute Gasteiger partial charge is 0.133 e. The normalized spacial score (nSPS) is 9.94. The average molecular weight is 248 g/mol. The fourth-order valence-electron chi connectivity index (χ4n) is 1.47. The molecule has 1 aromatic heterocycles. The monoisotopic (exact) mass is 247 g/mol. The van der Waals surface area contributed by atoms with E-state index in [1.54, 1.807) is 18.2 Å². The summed E-state index contributed by atoms with van der Waals surface area (Å²) in [6, 6.07) is 9.18. The molecule has 0 spiro atoms. The highest BCUT2D eigenvalue weighted by molar-refractivity contribution is 6.32. The van der Waals surface area contributed by atoms with Crippen LogP contribution < -0.4 is 5.32 Å². The summed E-state index contributed by atoms with van der Waals surface area (Å²) in [4.78, 5) is 0. The summed E-state index contributed by atoms with van der Waals surface area (Å²) < 4.78 is 4.95. The van der Waals surface area contributed by atoms with Crippen molar-refractivity contribution in [3.8, 4) is 6.07 Å². The lowest BCUT2D eigenvalue weighted by Crippen LogP contribution is -2.01. The molecule has 2 aromatic rings. The molecule has 86 valence electrons. The molecule has 0 bridgehead atoms. The number of benzene rings is 1. The van der Waals surface area contributed by atoms with Crippen molar-refractivity contribution in [2.45, 2.75) is 13.5 Å². The largest absolute Gasteiger partial charge is 0.378 e. The van der Waals surface area contributed by atoms with Crippen molar-refractivity contribution in [3.05, 3.63) is 46.3 Å². The molecular formula is C12H10ClN3O. The number of hydrogen-bond acceptors (Lipinski definition) is 4. The molecule has 0 unspecified atom stereocenters. The molecule has 1 aromatic carbocycles. The lowest BCUT2D eigenvalue weighted by atomic mass is 10.2. The van der Waals surface area contributed by atoms with E-state index in [1.165, 1.54) is 0 Å². The van der Waals surface area contributed by atoms with Crippen molar-refractivity contribution in [2.24, 2.45) is 0 Å². The minimum atomic E-state index is 0.439. The molecule has 1 N–H and O–H groups in total. The Hall–Kier alpha value is -1.99. The van der Waals surface area contributed by atoms with E-state index in [4.69, 9.17) is 21.4 Å². The first-order valence-electron chi connectivity index (χ1n) is 5.05. The third-order valence-corrected chi connectivity index (χ3v) is 2.58. The van der Waals surface area contributed by atoms with Gasteiger partial charge in [-0.3, -0.25) is 0 Å². The second kappa shape index (κ2) is 4.89. The summed E-state index contributed by atoms with van der Waals surface area (Å²) in [5, 5.41) is 16.4. The van der Waals surface area contributed by atoms with Gasteiger partial charge in [0, 0.05) is 6.07 Å². The fraction of sp³-hybridized carbons (Fsp3) is 0.167. The van der Waals surface area contributed by atoms with Crippen LogP contribution in [0.1, 0.15) is 17.0 Å². The van der Waals surface area contributed by atoms with Crippen LogP contribution in [-0.4, -0.2) is 5.16 Å². The summed E-state index contributed by atoms with van der Waals surface area (Å²) in [5.41, 5.74) is 1.92. The van der Waals surface area contributed by atoms with Gasteiger partial charge in [-0.25, -0.2) is 0 Å². The summed E-state index contributed by atoms with van der Waals surface area (Å²) >= 11 is 5.92. The minimum absolute atomic E-state index is 0.439. The molecule has 0 amide bonds. The van der Waals surface area contributed by atoms with E-state index in [0.717, 1.165) is 11.5 Å². The Morgan fingerprint density at radius 1 is 1.53 bits per heavy atom. The molecule has 5 heteroatoms. The Morgan fingerprint density at radius 2 is 2.35 bits per heavy atom. The van der Waals surface area contributed by atoms with E-state index in [-0.39, 0.29) is 0 Å². The van der Waals surface area contributed by atoms with E-state index >= 15 is 0 Å². The van der Waals surface area contributed by atoms with Crippen molar-refractivity contribution < 1.29 is 4.52 Å². The number of hydrogen-bond donors (Lipinski definition) is 1. The number of nitriles is 1. The highest BCUT2D eigenvalue weighted by atomic mass is 35.5. The third-order valence-electron chi connectivity index (χ3n) is 2.26. The number of rotatable bonds is 3. The molecule has 0 aliphatic heterocycles. The molecule has 0 saturated heterocycles. The predicted octanol–water partition coefficient (Wildman–Crippen LogP) is 3.12. The number of aryl methyl sites for hydroxylation is 1. The average Bonchev–Trinajstić information content (AvgIpc) is 2.72. The summed E-state index contributed by atoms with van der Waals surface area (Å²) in [6.07, 6.45) is 0. The van der Waals surface area contributed by atoms with Gasteiger partial charge in [0.15, 0.2) is 0 Å². The Morgan fingerprint density at radius 3 is 3.00 bits per heavy atom. The van der Waals surface area contributed by atoms with Gasteiger partial charge in [-0.1, -0.05) is 22.8 Å². The first-order valence-corrected chi connectivity index (χ1v) is 5.43. The summed E-state index contributed by atoms with van der Waals surface area (Å²) in [6.45, 7) is 2.32. The lowest BCUT2D eigenvalue weighted by molar-refractivity contribution is 0.391. The molecule has 1 heterocycles. The van der Waals surface area contributed by atoms with E-state index in [2.05, 4.69) is 16.5 Å². The Kier molecular flexibility index (Phi) is 3.31. The van der Waals surface area contributed by atoms with Gasteiger partial charge in [0.2, 0.25) is 0 Å². The second-order valence-corrected chi connectivity index (χ2v) is 3.96. The van der Waals surface area contributed by atoms with Crippen LogP contribution in [0.25, 0.3) is 0 Å². The van der Waals surface area contributed by atoms with Crippen LogP contribution in [0.4, 0.5) is 5.69 Å². The van der Waals surface area contributed by atoms with Crippen LogP contribution in [0.3, 0.4) is 0 Å². The molecule has 17 heavy (non-hydrogen) atoms. The topological polar surface area (TPSA) is 61.9 Å². The van der Waals surface area contributed by atoms with Crippen LogP contribution in [0.2, 0.25) is 5.02 Å². The van der Waals surface area contributed by atoms with E-state index in [1.807, 2.05) is 13.0 Å². The van der Waals surface area contributed by atoms with Crippen LogP contribution in [-0.2, 0) is 6.54 Å². The molecule has 4 nitrogen and oxygen atoms in total. The van der Waals surface area contributed by atoms with Gasteiger partial charge < -0.3 is 9.84 Å². The lowest BCUT2D eigenvalue weighted by Gasteiger charge is -2.06. The van der Waals surface area contributed by atoms with Gasteiger partial charge in [-0.2, -0.15) is 5.26 Å². The molecule has 0 fully saturated rings. The van der Waals surface area contributed by atoms with Crippen LogP contribution in [0, 0.1) is 18.3 Å². The molecule has 0 atom stereocenters. The minimum Gasteiger partial charge on any atom is -0.378 e. The zero-order valence-corrected chi connectivity index (χ0v) is 9.95. The number of nitrogens with one attached hydrogen (secondary N) is 1. The first-order chi connectivity index (χ1) is 8.20. The van der Waals surface area contributed by atoms with Crippen molar-refractivity contribution in [1.82, 2.24) is 5.16 Å². The molecule has 0 aliphatic carbocycles. The van der Waals surface area contributed by atoms with Gasteiger partial charge >= 0.3 is 0 Å². The van der Waals surface area contributed by atoms with Gasteiger partial charge in [0.25, 0.3) is 0 Å². The highest BCUT2D eigenvalue weighted by Crippen LogP contribution is 2.23. The maximum atomic E-state index is 8.99. The van der Waals surface area contributed by atoms with Crippen LogP contribution in [0.5, 0.6) is 0 Å². The SMILES string of the molecule is Cc1cc(CNc2cccc(Cl)c2C#N)no1. The van der Waals surface area contributed by atoms with Crippen LogP contribution in [0.15, 0.2) is 28.8 Å². The quantitative estimate of drug-likeness (QED) is 0.905. The van der Waals surface area contributed by atoms with Crippen LogP contribution >= 0.6 is 11.6 Å². The number of anilines is 1. The zero-order chi connectivity index (χ0) is 12.3. The Bertz CT molecular complexity index is 571. The molecule has 0 saturated carbocycles. The van der Waals surface area contributed by atoms with E-state index in [0.29, 0.717) is 22.8 Å². The van der Waals surface area contributed by atoms with Gasteiger partial charge in [-0.05, 0) is 19.1 Å². The highest BCUT2D eigenvalue weighted by Gasteiger charge is 2.06. The molecule has 2 rings (SSSR count). The molecule has 0 radical (unpaired) electrons. The zero-order valence-electron chi connectivity index (χ0n) is 9.20. The van der Waals surface area contributed by atoms with E-state index in [9.17, 15) is 0 Å². The fourth-order valence-corrected chi connectivity index (χ4v) is 1.69. The van der Waals surface area contributed by atoms with E-state index < -0.39 is 0 Å². The van der Waals surface area contributed by atoms with Crippen molar-refractivity contribution in [1.29, 1.82) is 5.26 Å². The van der Waals surface area contributed by atoms with Crippen molar-refractivity contribution in [2.75, 3.05) is 5.32 Å². The number of aromatic nitrogens is 1. The van der Waals surface area contributed by atoms with Gasteiger partial charge in [0.05, 0.1) is 22.8 Å². The summed E-state index contributed by atoms with van der Waals surface area (Å²) in [5.74, 6) is 0.758. The van der Waals surface area contributed by atoms with Gasteiger partial charge in [-0.15, -0.1) is 0 Å². The van der Waals surface area contributed by atoms with Gasteiger partial charge in [0.1, 0.15) is 17.5 Å². The van der Waals surface area contributed by atoms with Crippen molar-refractivity contribution >= 4 is 17.3 Å². The maximum Gasteiger partial charge on any atom is 0.133 e. The molecule has 0 aliphatic rings. The second-order valence-electron chi connectivity index (χ2n) is 3.56. The van der Waals surface area contributed by atoms with Crippen molar-refractivity contribution in [3.63, 3.8) is 0 Å². The number of nitrogens with zero attached hydrogens (tertiary/aromatic N) is 2. The number of halogens is 1. The first kappa shape index (κ1) is 11.5. The third kappa shape index (κ3) is 2.58. The molecular weight excluding hydrogens is 238 g/mol. The Labute approximate surface area is 104 Å². The summed E-state index contributed by atoms with van der Waals surface area (Å²) in [7, 11) is 0. The predicted molar refractivity (Wildman–Crippen MR) is 64.7 cm³/mol. The maximum absolute atomic E-state index is 8.99.